The maximum Gasteiger partial charge on any atom is 0.253 e. The normalized spacial score (nSPS) is 15.8. The zero-order chi connectivity index (χ0) is 15.5. The van der Waals surface area contributed by atoms with E-state index in [-0.39, 0.29) is 5.91 Å². The third-order valence-electron chi connectivity index (χ3n) is 4.58. The molecule has 1 heterocycles. The van der Waals surface area contributed by atoms with Crippen molar-refractivity contribution in [1.82, 2.24) is 4.90 Å². The van der Waals surface area contributed by atoms with E-state index in [0.717, 1.165) is 31.5 Å². The third-order valence-corrected chi connectivity index (χ3v) is 4.58. The average molecular weight is 294 g/mol. The van der Waals surface area contributed by atoms with Crippen molar-refractivity contribution in [3.05, 3.63) is 65.2 Å². The number of nitrogens with two attached hydrogens (primary N) is 1. The predicted molar refractivity (Wildman–Crippen MR) is 89.9 cm³/mol. The highest BCUT2D eigenvalue weighted by Crippen LogP contribution is 2.28. The van der Waals surface area contributed by atoms with Gasteiger partial charge in [0.1, 0.15) is 0 Å². The third kappa shape index (κ3) is 2.98. The molecule has 1 amide bonds. The minimum Gasteiger partial charge on any atom is -0.398 e. The predicted octanol–water partition coefficient (Wildman–Crippen LogP) is 3.60. The fraction of sp³-hybridized carbons (Fsp3) is 0.316. The Morgan fingerprint density at radius 1 is 1.09 bits per heavy atom. The Hall–Kier alpha value is -2.29. The van der Waals surface area contributed by atoms with Gasteiger partial charge in [-0.15, -0.1) is 0 Å². The van der Waals surface area contributed by atoms with Crippen molar-refractivity contribution in [2.45, 2.75) is 25.7 Å². The maximum absolute atomic E-state index is 12.6. The van der Waals surface area contributed by atoms with Crippen LogP contribution in [0.4, 0.5) is 5.69 Å². The standard InChI is InChI=1S/C19H22N2O/c1-14-7-8-17(13-18(14)20)19(22)21-11-9-16(10-12-21)15-5-3-2-4-6-15/h2-8,13,16H,9-12,20H2,1H3. The molecular weight excluding hydrogens is 272 g/mol. The average Bonchev–Trinajstić information content (AvgIpc) is 2.58. The van der Waals surface area contributed by atoms with E-state index in [0.29, 0.717) is 17.2 Å². The van der Waals surface area contributed by atoms with Gasteiger partial charge in [-0.05, 0) is 48.9 Å². The Morgan fingerprint density at radius 2 is 1.77 bits per heavy atom. The van der Waals surface area contributed by atoms with Crippen molar-refractivity contribution < 1.29 is 4.79 Å². The first kappa shape index (κ1) is 14.6. The number of aryl methyl sites for hydroxylation is 1. The van der Waals surface area contributed by atoms with Crippen LogP contribution < -0.4 is 5.73 Å². The molecule has 1 aliphatic rings. The molecule has 2 aromatic rings. The molecule has 1 saturated heterocycles. The van der Waals surface area contributed by atoms with E-state index >= 15 is 0 Å². The van der Waals surface area contributed by atoms with Crippen molar-refractivity contribution in [3.63, 3.8) is 0 Å². The van der Waals surface area contributed by atoms with Gasteiger partial charge in [0.25, 0.3) is 5.91 Å². The van der Waals surface area contributed by atoms with Crippen LogP contribution in [-0.2, 0) is 0 Å². The van der Waals surface area contributed by atoms with Crippen LogP contribution in [0.3, 0.4) is 0 Å². The summed E-state index contributed by atoms with van der Waals surface area (Å²) in [5, 5.41) is 0. The highest BCUT2D eigenvalue weighted by Gasteiger charge is 2.24. The molecule has 22 heavy (non-hydrogen) atoms. The van der Waals surface area contributed by atoms with Crippen molar-refractivity contribution in [3.8, 4) is 0 Å². The summed E-state index contributed by atoms with van der Waals surface area (Å²) in [4.78, 5) is 14.5. The van der Waals surface area contributed by atoms with Gasteiger partial charge in [0.05, 0.1) is 0 Å². The van der Waals surface area contributed by atoms with Gasteiger partial charge in [-0.3, -0.25) is 4.79 Å². The molecule has 2 aromatic carbocycles. The molecule has 2 N–H and O–H groups in total. The topological polar surface area (TPSA) is 46.3 Å². The lowest BCUT2D eigenvalue weighted by atomic mass is 9.89. The molecule has 1 fully saturated rings. The molecule has 0 unspecified atom stereocenters. The Balaban J connectivity index is 1.66. The summed E-state index contributed by atoms with van der Waals surface area (Å²) in [7, 11) is 0. The van der Waals surface area contributed by atoms with Crippen LogP contribution in [0.15, 0.2) is 48.5 Å². The smallest absolute Gasteiger partial charge is 0.253 e. The van der Waals surface area contributed by atoms with Gasteiger partial charge in [0, 0.05) is 24.3 Å². The Kier molecular flexibility index (Phi) is 4.14. The minimum absolute atomic E-state index is 0.0956. The van der Waals surface area contributed by atoms with Crippen LogP contribution in [0.1, 0.15) is 40.2 Å². The highest BCUT2D eigenvalue weighted by atomic mass is 16.2. The van der Waals surface area contributed by atoms with Crippen LogP contribution >= 0.6 is 0 Å². The van der Waals surface area contributed by atoms with Gasteiger partial charge in [0.15, 0.2) is 0 Å². The summed E-state index contributed by atoms with van der Waals surface area (Å²) < 4.78 is 0. The zero-order valence-corrected chi connectivity index (χ0v) is 13.0. The maximum atomic E-state index is 12.6. The molecule has 114 valence electrons. The highest BCUT2D eigenvalue weighted by molar-refractivity contribution is 5.95. The second kappa shape index (κ2) is 6.22. The number of carbonyl (C=O) groups is 1. The first-order valence-electron chi connectivity index (χ1n) is 7.85. The van der Waals surface area contributed by atoms with Crippen LogP contribution in [0.2, 0.25) is 0 Å². The SMILES string of the molecule is Cc1ccc(C(=O)N2CCC(c3ccccc3)CC2)cc1N. The first-order chi connectivity index (χ1) is 10.6. The molecule has 3 rings (SSSR count). The molecule has 0 bridgehead atoms. The molecule has 3 nitrogen and oxygen atoms in total. The Morgan fingerprint density at radius 3 is 2.41 bits per heavy atom. The van der Waals surface area contributed by atoms with Crippen molar-refractivity contribution in [2.75, 3.05) is 18.8 Å². The van der Waals surface area contributed by atoms with Crippen LogP contribution in [-0.4, -0.2) is 23.9 Å². The number of nitrogen functional groups attached to an aromatic ring is 1. The molecule has 0 spiro atoms. The van der Waals surface area contributed by atoms with Crippen LogP contribution in [0.5, 0.6) is 0 Å². The van der Waals surface area contributed by atoms with E-state index in [1.165, 1.54) is 5.56 Å². The van der Waals surface area contributed by atoms with E-state index in [1.807, 2.05) is 30.0 Å². The molecule has 0 aromatic heterocycles. The number of rotatable bonds is 2. The van der Waals surface area contributed by atoms with Gasteiger partial charge in [-0.1, -0.05) is 36.4 Å². The van der Waals surface area contributed by atoms with Gasteiger partial charge >= 0.3 is 0 Å². The van der Waals surface area contributed by atoms with E-state index in [4.69, 9.17) is 5.73 Å². The largest absolute Gasteiger partial charge is 0.398 e. The van der Waals surface area contributed by atoms with Crippen LogP contribution in [0, 0.1) is 6.92 Å². The monoisotopic (exact) mass is 294 g/mol. The number of nitrogens with zero attached hydrogens (tertiary/aromatic N) is 1. The first-order valence-corrected chi connectivity index (χ1v) is 7.85. The zero-order valence-electron chi connectivity index (χ0n) is 13.0. The van der Waals surface area contributed by atoms with Gasteiger partial charge in [-0.2, -0.15) is 0 Å². The second-order valence-electron chi connectivity index (χ2n) is 6.05. The quantitative estimate of drug-likeness (QED) is 0.860. The van der Waals surface area contributed by atoms with Gasteiger partial charge < -0.3 is 10.6 Å². The van der Waals surface area contributed by atoms with E-state index < -0.39 is 0 Å². The van der Waals surface area contributed by atoms with Crippen molar-refractivity contribution in [1.29, 1.82) is 0 Å². The van der Waals surface area contributed by atoms with Gasteiger partial charge in [0.2, 0.25) is 0 Å². The van der Waals surface area contributed by atoms with Gasteiger partial charge in [-0.25, -0.2) is 0 Å². The molecular formula is C19H22N2O. The van der Waals surface area contributed by atoms with E-state index in [2.05, 4.69) is 24.3 Å². The fourth-order valence-electron chi connectivity index (χ4n) is 3.10. The minimum atomic E-state index is 0.0956. The lowest BCUT2D eigenvalue weighted by Crippen LogP contribution is -2.37. The van der Waals surface area contributed by atoms with E-state index in [9.17, 15) is 4.79 Å². The summed E-state index contributed by atoms with van der Waals surface area (Å²) >= 11 is 0. The Bertz CT molecular complexity index is 658. The lowest BCUT2D eigenvalue weighted by molar-refractivity contribution is 0.0713. The summed E-state index contributed by atoms with van der Waals surface area (Å²) in [6, 6.07) is 16.2. The number of hydrogen-bond acceptors (Lipinski definition) is 2. The van der Waals surface area contributed by atoms with Crippen molar-refractivity contribution >= 4 is 11.6 Å². The van der Waals surface area contributed by atoms with Crippen LogP contribution in [0.25, 0.3) is 0 Å². The molecule has 0 atom stereocenters. The molecule has 0 aliphatic carbocycles. The lowest BCUT2D eigenvalue weighted by Gasteiger charge is -2.32. The molecule has 0 saturated carbocycles. The summed E-state index contributed by atoms with van der Waals surface area (Å²) in [5.74, 6) is 0.659. The number of amides is 1. The fourth-order valence-corrected chi connectivity index (χ4v) is 3.10. The molecule has 3 heteroatoms. The number of likely N-dealkylation sites (tertiary alicyclic amines) is 1. The number of benzene rings is 2. The summed E-state index contributed by atoms with van der Waals surface area (Å²) in [6.07, 6.45) is 2.05. The second-order valence-corrected chi connectivity index (χ2v) is 6.05. The number of hydrogen-bond donors (Lipinski definition) is 1. The molecule has 1 aliphatic heterocycles. The molecule has 0 radical (unpaired) electrons. The Labute approximate surface area is 131 Å². The number of anilines is 1. The number of piperidine rings is 1. The van der Waals surface area contributed by atoms with Crippen molar-refractivity contribution in [2.24, 2.45) is 0 Å². The van der Waals surface area contributed by atoms with E-state index in [1.54, 1.807) is 6.07 Å². The summed E-state index contributed by atoms with van der Waals surface area (Å²) in [6.45, 7) is 3.58. The summed E-state index contributed by atoms with van der Waals surface area (Å²) in [5.41, 5.74) is 9.69. The number of carbonyl (C=O) groups excluding carboxylic acids is 1.